The van der Waals surface area contributed by atoms with Crippen LogP contribution in [0, 0.1) is 15.9 Å². The number of benzene rings is 1. The summed E-state index contributed by atoms with van der Waals surface area (Å²) in [4.78, 5) is 13.7. The van der Waals surface area contributed by atoms with Gasteiger partial charge in [0.05, 0.1) is 4.92 Å². The summed E-state index contributed by atoms with van der Waals surface area (Å²) in [5.41, 5.74) is 0.961. The number of hydrogen-bond acceptors (Lipinski definition) is 4. The number of aromatic nitrogens is 1. The first-order valence-electron chi connectivity index (χ1n) is 5.68. The lowest BCUT2D eigenvalue weighted by Gasteiger charge is -2.15. The lowest BCUT2D eigenvalue weighted by Crippen LogP contribution is -2.07. The van der Waals surface area contributed by atoms with Gasteiger partial charge in [-0.3, -0.25) is 15.1 Å². The molecule has 1 aromatic carbocycles. The average molecular weight is 261 g/mol. The van der Waals surface area contributed by atoms with Crippen LogP contribution >= 0.6 is 0 Å². The van der Waals surface area contributed by atoms with Crippen molar-refractivity contribution in [1.29, 1.82) is 0 Å². The zero-order valence-corrected chi connectivity index (χ0v) is 10.2. The van der Waals surface area contributed by atoms with Gasteiger partial charge in [0.25, 0.3) is 0 Å². The maximum absolute atomic E-state index is 13.5. The maximum atomic E-state index is 13.5. The molecule has 19 heavy (non-hydrogen) atoms. The Hall–Kier alpha value is -2.50. The van der Waals surface area contributed by atoms with Gasteiger partial charge in [0, 0.05) is 36.3 Å². The van der Waals surface area contributed by atoms with Crippen molar-refractivity contribution in [3.8, 4) is 0 Å². The molecule has 0 fully saturated rings. The number of anilines is 1. The summed E-state index contributed by atoms with van der Waals surface area (Å²) in [5.74, 6) is -0.850. The minimum Gasteiger partial charge on any atom is -0.378 e. The number of pyridine rings is 1. The molecule has 0 aliphatic heterocycles. The van der Waals surface area contributed by atoms with E-state index in [1.54, 1.807) is 12.4 Å². The Bertz CT molecular complexity index is 590. The lowest BCUT2D eigenvalue weighted by molar-refractivity contribution is -0.387. The molecule has 1 aromatic heterocycles. The fraction of sp³-hybridized carbons (Fsp3) is 0.154. The van der Waals surface area contributed by atoms with Crippen LogP contribution in [0.4, 0.5) is 15.8 Å². The van der Waals surface area contributed by atoms with Gasteiger partial charge < -0.3 is 5.32 Å². The topological polar surface area (TPSA) is 68.1 Å². The van der Waals surface area contributed by atoms with Gasteiger partial charge in [-0.25, -0.2) is 0 Å². The first kappa shape index (κ1) is 12.9. The van der Waals surface area contributed by atoms with Gasteiger partial charge in [0.1, 0.15) is 0 Å². The third-order valence-corrected chi connectivity index (χ3v) is 2.73. The van der Waals surface area contributed by atoms with E-state index in [1.807, 2.05) is 19.1 Å². The van der Waals surface area contributed by atoms with Crippen molar-refractivity contribution in [2.75, 3.05) is 5.32 Å². The van der Waals surface area contributed by atoms with Crippen molar-refractivity contribution < 1.29 is 9.31 Å². The van der Waals surface area contributed by atoms with Crippen LogP contribution in [0.3, 0.4) is 0 Å². The van der Waals surface area contributed by atoms with E-state index in [1.165, 1.54) is 6.07 Å². The Morgan fingerprint density at radius 3 is 2.58 bits per heavy atom. The largest absolute Gasteiger partial charge is 0.378 e. The van der Waals surface area contributed by atoms with Gasteiger partial charge in [0.2, 0.25) is 5.82 Å². The molecule has 0 bridgehead atoms. The Labute approximate surface area is 109 Å². The normalized spacial score (nSPS) is 11.9. The highest BCUT2D eigenvalue weighted by molar-refractivity contribution is 5.50. The third kappa shape index (κ3) is 3.04. The second-order valence-corrected chi connectivity index (χ2v) is 4.07. The highest BCUT2D eigenvalue weighted by atomic mass is 19.1. The van der Waals surface area contributed by atoms with Crippen LogP contribution < -0.4 is 5.32 Å². The molecule has 5 nitrogen and oxygen atoms in total. The highest BCUT2D eigenvalue weighted by Gasteiger charge is 2.14. The molecule has 0 aliphatic rings. The fourth-order valence-corrected chi connectivity index (χ4v) is 1.73. The minimum absolute atomic E-state index is 0.0520. The standard InChI is InChI=1S/C13H12FN3O2/c1-9(10-4-6-15-7-5-10)16-11-2-3-13(17(18)19)12(14)8-11/h2-9,16H,1H3. The van der Waals surface area contributed by atoms with Crippen molar-refractivity contribution in [1.82, 2.24) is 4.98 Å². The van der Waals surface area contributed by atoms with Crippen molar-refractivity contribution in [2.24, 2.45) is 0 Å². The second-order valence-electron chi connectivity index (χ2n) is 4.07. The smallest absolute Gasteiger partial charge is 0.304 e. The van der Waals surface area contributed by atoms with E-state index < -0.39 is 16.4 Å². The molecule has 0 saturated heterocycles. The lowest BCUT2D eigenvalue weighted by atomic mass is 10.1. The highest BCUT2D eigenvalue weighted by Crippen LogP contribution is 2.24. The number of nitrogens with one attached hydrogen (secondary N) is 1. The molecule has 98 valence electrons. The van der Waals surface area contributed by atoms with E-state index in [4.69, 9.17) is 0 Å². The summed E-state index contributed by atoms with van der Waals surface area (Å²) in [7, 11) is 0. The molecule has 0 spiro atoms. The van der Waals surface area contributed by atoms with Gasteiger partial charge in [-0.2, -0.15) is 4.39 Å². The zero-order valence-electron chi connectivity index (χ0n) is 10.2. The van der Waals surface area contributed by atoms with Gasteiger partial charge in [-0.1, -0.05) is 0 Å². The van der Waals surface area contributed by atoms with Crippen LogP contribution in [-0.2, 0) is 0 Å². The first-order valence-corrected chi connectivity index (χ1v) is 5.68. The quantitative estimate of drug-likeness (QED) is 0.677. The molecular weight excluding hydrogens is 249 g/mol. The molecule has 6 heteroatoms. The SMILES string of the molecule is CC(Nc1ccc([N+](=O)[O-])c(F)c1)c1ccncc1. The minimum atomic E-state index is -0.850. The van der Waals surface area contributed by atoms with Crippen molar-refractivity contribution in [2.45, 2.75) is 13.0 Å². The number of nitrogens with zero attached hydrogens (tertiary/aromatic N) is 2. The van der Waals surface area contributed by atoms with Crippen LogP contribution in [0.1, 0.15) is 18.5 Å². The van der Waals surface area contributed by atoms with Crippen molar-refractivity contribution in [3.05, 3.63) is 64.2 Å². The van der Waals surface area contributed by atoms with Crippen LogP contribution in [0.5, 0.6) is 0 Å². The molecule has 0 amide bonds. The molecule has 1 unspecified atom stereocenters. The number of rotatable bonds is 4. The summed E-state index contributed by atoms with van der Waals surface area (Å²) in [6.07, 6.45) is 3.34. The molecule has 0 aliphatic carbocycles. The van der Waals surface area contributed by atoms with E-state index in [-0.39, 0.29) is 6.04 Å². The first-order chi connectivity index (χ1) is 9.08. The van der Waals surface area contributed by atoms with Gasteiger partial charge in [0.15, 0.2) is 0 Å². The summed E-state index contributed by atoms with van der Waals surface area (Å²) >= 11 is 0. The fourth-order valence-electron chi connectivity index (χ4n) is 1.73. The maximum Gasteiger partial charge on any atom is 0.304 e. The van der Waals surface area contributed by atoms with Gasteiger partial charge in [-0.15, -0.1) is 0 Å². The summed E-state index contributed by atoms with van der Waals surface area (Å²) < 4.78 is 13.5. The summed E-state index contributed by atoms with van der Waals surface area (Å²) in [6.45, 7) is 1.91. The molecule has 0 radical (unpaired) electrons. The predicted molar refractivity (Wildman–Crippen MR) is 69.3 cm³/mol. The average Bonchev–Trinajstić information content (AvgIpc) is 2.39. The van der Waals surface area contributed by atoms with Crippen molar-refractivity contribution >= 4 is 11.4 Å². The van der Waals surface area contributed by atoms with Gasteiger partial charge >= 0.3 is 5.69 Å². The molecule has 1 N–H and O–H groups in total. The number of nitro groups is 1. The van der Waals surface area contributed by atoms with E-state index in [0.717, 1.165) is 17.7 Å². The van der Waals surface area contributed by atoms with Crippen LogP contribution in [-0.4, -0.2) is 9.91 Å². The molecular formula is C13H12FN3O2. The molecule has 2 aromatic rings. The number of halogens is 1. The summed E-state index contributed by atoms with van der Waals surface area (Å²) in [5, 5.41) is 13.6. The Morgan fingerprint density at radius 2 is 2.00 bits per heavy atom. The number of hydrogen-bond donors (Lipinski definition) is 1. The monoisotopic (exact) mass is 261 g/mol. The number of nitro benzene ring substituents is 1. The Morgan fingerprint density at radius 1 is 1.32 bits per heavy atom. The van der Waals surface area contributed by atoms with E-state index >= 15 is 0 Å². The van der Waals surface area contributed by atoms with Crippen molar-refractivity contribution in [3.63, 3.8) is 0 Å². The molecule has 0 saturated carbocycles. The Kier molecular flexibility index (Phi) is 3.70. The van der Waals surface area contributed by atoms with E-state index in [9.17, 15) is 14.5 Å². The van der Waals surface area contributed by atoms with E-state index in [0.29, 0.717) is 5.69 Å². The molecule has 1 atom stereocenters. The second kappa shape index (κ2) is 5.43. The van der Waals surface area contributed by atoms with Crippen LogP contribution in [0.2, 0.25) is 0 Å². The van der Waals surface area contributed by atoms with Crippen LogP contribution in [0.25, 0.3) is 0 Å². The van der Waals surface area contributed by atoms with Crippen LogP contribution in [0.15, 0.2) is 42.7 Å². The summed E-state index contributed by atoms with van der Waals surface area (Å²) in [6, 6.07) is 7.40. The third-order valence-electron chi connectivity index (χ3n) is 2.73. The van der Waals surface area contributed by atoms with E-state index in [2.05, 4.69) is 10.3 Å². The van der Waals surface area contributed by atoms with Gasteiger partial charge in [-0.05, 0) is 30.7 Å². The zero-order chi connectivity index (χ0) is 13.8. The molecule has 2 rings (SSSR count). The molecule has 1 heterocycles. The predicted octanol–water partition coefficient (Wildman–Crippen LogP) is 3.30. The Balaban J connectivity index is 2.16.